The molecule has 0 saturated carbocycles. The van der Waals surface area contributed by atoms with Crippen LogP contribution in [-0.2, 0) is 0 Å². The van der Waals surface area contributed by atoms with Crippen molar-refractivity contribution in [1.82, 2.24) is 24.6 Å². The van der Waals surface area contributed by atoms with Gasteiger partial charge in [0, 0.05) is 0 Å². The third-order valence-corrected chi connectivity index (χ3v) is 0. The monoisotopic (exact) mass is 232 g/mol. The minimum atomic E-state index is 0. The van der Waals surface area contributed by atoms with Crippen LogP contribution in [0.1, 0.15) is 74.3 Å². The van der Waals surface area contributed by atoms with E-state index in [9.17, 15) is 0 Å². The molecular weight excluding hydrogens is 176 g/mol. The zero-order valence-electron chi connectivity index (χ0n) is 6.31. The first-order chi connectivity index (χ1) is 4.00. The average Bonchev–Trinajstić information content (AvgIpc) is 2.03. The van der Waals surface area contributed by atoms with E-state index in [-0.39, 0.29) is 74.3 Å². The first kappa shape index (κ1) is 155. The molecule has 0 radical (unpaired) electrons. The highest BCUT2D eigenvalue weighted by Gasteiger charge is -0.0684. The predicted octanol–water partition coefficient (Wildman–Crippen LogP) is 7.01. The van der Waals surface area contributed by atoms with Gasteiger partial charge >= 0.3 is 0 Å². The second-order valence-corrected chi connectivity index (χ2v) is 0. The normalized spacial score (nSPS) is 2.00. The standard InChI is InChI=1S/10CH4.4H3N/h10*1H4;4*1H3/i/hD4. The van der Waals surface area contributed by atoms with Gasteiger partial charge in [0.15, 0.2) is 0 Å². The molecule has 112 valence electrons. The zero-order chi connectivity index (χ0) is 8.00. The van der Waals surface area contributed by atoms with Crippen molar-refractivity contribution >= 4 is 0 Å². The summed E-state index contributed by atoms with van der Waals surface area (Å²) in [4.78, 5) is 0. The van der Waals surface area contributed by atoms with Gasteiger partial charge in [0.1, 0.15) is 5.65 Å². The van der Waals surface area contributed by atoms with Gasteiger partial charge in [0.2, 0.25) is 0 Å². The summed E-state index contributed by atoms with van der Waals surface area (Å²) >= 11 is 0. The lowest BCUT2D eigenvalue weighted by Crippen LogP contribution is -0.482. The Morgan fingerprint density at radius 2 is 0.286 bits per heavy atom. The van der Waals surface area contributed by atoms with Crippen LogP contribution in [0.25, 0.3) is 0 Å². The molecule has 12 N–H and O–H groups in total. The van der Waals surface area contributed by atoms with Gasteiger partial charge in [-0.2, -0.15) is 0 Å². The van der Waals surface area contributed by atoms with E-state index in [4.69, 9.17) is 5.65 Å². The highest BCUT2D eigenvalue weighted by atomic mass is 14.0. The van der Waals surface area contributed by atoms with Crippen LogP contribution in [0, 0.1) is 0 Å². The fraction of sp³-hybridized carbons (Fsp3) is 1.00. The third-order valence-electron chi connectivity index (χ3n) is 0. The molecule has 0 saturated heterocycles. The van der Waals surface area contributed by atoms with Crippen molar-refractivity contribution in [1.29, 1.82) is 0 Å². The lowest BCUT2D eigenvalue weighted by Gasteiger charge is -0.345. The number of rotatable bonds is 0. The van der Waals surface area contributed by atoms with Gasteiger partial charge in [-0.25, -0.2) is 0 Å². The summed E-state index contributed by atoms with van der Waals surface area (Å²) in [7, 11) is 0. The molecule has 4 nitrogen and oxygen atoms in total. The Balaban J connectivity index is -0.000000000833. The maximum absolute atomic E-state index is 5.25. The Bertz CT molecular complexity index is 25.8. The van der Waals surface area contributed by atoms with Gasteiger partial charge in [0.05, 0.1) is 0 Å². The van der Waals surface area contributed by atoms with Gasteiger partial charge in [-0.1, -0.05) is 74.3 Å². The molecule has 0 spiro atoms. The van der Waals surface area contributed by atoms with Crippen LogP contribution in [0.5, 0.6) is 0 Å². The molecule has 0 aromatic rings. The maximum Gasteiger partial charge on any atom is 0.115 e. The topological polar surface area (TPSA) is 140 Å². The molecule has 0 unspecified atom stereocenters. The first-order valence-electron chi connectivity index (χ1n) is 2.31. The van der Waals surface area contributed by atoms with E-state index in [0.717, 1.165) is 0 Å². The summed E-state index contributed by atoms with van der Waals surface area (Å²) in [5.41, 5.74) is 0. The maximum atomic E-state index is 5.25. The fourth-order valence-electron chi connectivity index (χ4n) is 0. The molecular formula is C10H52N4. The summed E-state index contributed by atoms with van der Waals surface area (Å²) in [5.74, 6) is 0. The van der Waals surface area contributed by atoms with E-state index < -0.39 is 0 Å². The molecule has 4 heteroatoms. The van der Waals surface area contributed by atoms with Crippen LogP contribution >= 0.6 is 0 Å². The summed E-state index contributed by atoms with van der Waals surface area (Å²) in [6.07, 6.45) is 15.0. The highest BCUT2D eigenvalue weighted by Crippen LogP contribution is 0.153. The van der Waals surface area contributed by atoms with E-state index in [1.165, 1.54) is 0 Å². The zero-order valence-corrected chi connectivity index (χ0v) is 2.31. The van der Waals surface area contributed by atoms with Crippen LogP contribution in [0.3, 0.4) is 0 Å². The molecule has 0 heterocycles. The van der Waals surface area contributed by atoms with Crippen molar-refractivity contribution in [3.05, 3.63) is 0 Å². The Labute approximate surface area is 105 Å². The molecule has 0 atom stereocenters. The van der Waals surface area contributed by atoms with Crippen molar-refractivity contribution in [2.24, 2.45) is 0 Å². The Morgan fingerprint density at radius 1 is 0.286 bits per heavy atom. The van der Waals surface area contributed by atoms with Crippen molar-refractivity contribution in [2.45, 2.75) is 74.3 Å². The van der Waals surface area contributed by atoms with E-state index >= 15 is 0 Å². The van der Waals surface area contributed by atoms with Crippen molar-refractivity contribution < 1.29 is 5.65 Å². The van der Waals surface area contributed by atoms with E-state index in [1.807, 2.05) is 0 Å². The minimum absolute atomic E-state index is 0. The van der Waals surface area contributed by atoms with Crippen molar-refractivity contribution in [2.75, 3.05) is 0 Å². The SMILES string of the molecule is C.C.C.C.C.C.C.C.C.C.[2H]N.[2H]N.[2H]N.[2H]N. The van der Waals surface area contributed by atoms with Crippen LogP contribution in [0.4, 0.5) is 0 Å². The summed E-state index contributed by atoms with van der Waals surface area (Å²) in [6, 6.07) is 0. The van der Waals surface area contributed by atoms with E-state index in [2.05, 4.69) is 24.6 Å². The first-order valence-corrected chi connectivity index (χ1v) is 0. The highest BCUT2D eigenvalue weighted by molar-refractivity contribution is 2.51. The van der Waals surface area contributed by atoms with Gasteiger partial charge < -0.3 is 24.6 Å². The Morgan fingerprint density at radius 3 is 0.286 bits per heavy atom. The lowest BCUT2D eigenvalue weighted by molar-refractivity contribution is 2.13. The smallest absolute Gasteiger partial charge is 0.115 e. The predicted molar refractivity (Wildman–Crippen MR) is 87.4 cm³/mol. The van der Waals surface area contributed by atoms with Crippen LogP contribution in [0.15, 0.2) is 0 Å². The average molecular weight is 233 g/mol. The summed E-state index contributed by atoms with van der Waals surface area (Å²) in [5, 5.41) is 0. The van der Waals surface area contributed by atoms with Crippen molar-refractivity contribution in [3.8, 4) is 0 Å². The largest absolute Gasteiger partial charge is 0.344 e. The molecule has 0 aliphatic heterocycles. The molecule has 14 heavy (non-hydrogen) atoms. The summed E-state index contributed by atoms with van der Waals surface area (Å²) < 4.78 is 21.0. The van der Waals surface area contributed by atoms with Crippen LogP contribution in [0.2, 0.25) is 5.65 Å². The number of hydrogen-bond acceptors (Lipinski definition) is 4. The minimum Gasteiger partial charge on any atom is -0.344 e. The Kier molecular flexibility index (Phi) is 777000. The Hall–Kier alpha value is -0.160. The van der Waals surface area contributed by atoms with Gasteiger partial charge in [-0.3, -0.25) is 0 Å². The van der Waals surface area contributed by atoms with Gasteiger partial charge in [-0.15, -0.1) is 0 Å². The molecule has 0 bridgehead atoms. The number of hydrogen-bond donors (Lipinski definition) is 4. The lowest BCUT2D eigenvalue weighted by atomic mass is 12.0. The molecule has 0 aromatic carbocycles. The quantitative estimate of drug-likeness (QED) is 0.356. The second kappa shape index (κ2) is 70300. The second-order valence-electron chi connectivity index (χ2n) is 0. The fourth-order valence-corrected chi connectivity index (χ4v) is 0. The summed E-state index contributed by atoms with van der Waals surface area (Å²) in [6.45, 7) is 0. The molecule has 0 aliphatic carbocycles. The molecule has 0 aliphatic rings. The van der Waals surface area contributed by atoms with Crippen LogP contribution < -0.4 is 24.6 Å². The van der Waals surface area contributed by atoms with Crippen molar-refractivity contribution in [3.63, 3.8) is 0 Å². The van der Waals surface area contributed by atoms with Crippen LogP contribution in [-0.4, -0.2) is 0 Å². The third kappa shape index (κ3) is 54300. The van der Waals surface area contributed by atoms with Gasteiger partial charge in [-0.05, 0) is 0 Å². The van der Waals surface area contributed by atoms with E-state index in [0.29, 0.717) is 0 Å². The molecule has 0 rings (SSSR count). The van der Waals surface area contributed by atoms with E-state index in [1.54, 1.807) is 0 Å². The van der Waals surface area contributed by atoms with Gasteiger partial charge in [0.25, 0.3) is 0 Å². The molecule has 0 aromatic heterocycles. The molecule has 0 amide bonds. The molecule has 0 fully saturated rings.